The number of ether oxygens (including phenoxy) is 1. The van der Waals surface area contributed by atoms with Gasteiger partial charge in [-0.25, -0.2) is 0 Å². The summed E-state index contributed by atoms with van der Waals surface area (Å²) >= 11 is 5.80. The van der Waals surface area contributed by atoms with Gasteiger partial charge in [0.2, 0.25) is 0 Å². The summed E-state index contributed by atoms with van der Waals surface area (Å²) in [5, 5.41) is 10.7. The number of aliphatic hydroxyl groups excluding tert-OH is 1. The summed E-state index contributed by atoms with van der Waals surface area (Å²) < 4.78 is 5.47. The highest BCUT2D eigenvalue weighted by molar-refractivity contribution is 6.30. The number of rotatable bonds is 6. The Morgan fingerprint density at radius 2 is 1.88 bits per heavy atom. The molecule has 2 nitrogen and oxygen atoms in total. The standard InChI is InChI=1S/C13H19ClO2/c1-3-13(16-4-2)12(15)9-10-5-7-11(14)8-6-10/h5-8,12-13,15H,3-4,9H2,1-2H3. The van der Waals surface area contributed by atoms with E-state index in [4.69, 9.17) is 16.3 Å². The number of hydrogen-bond acceptors (Lipinski definition) is 2. The van der Waals surface area contributed by atoms with Crippen LogP contribution in [0.15, 0.2) is 24.3 Å². The molecule has 0 saturated carbocycles. The topological polar surface area (TPSA) is 29.5 Å². The number of halogens is 1. The second-order valence-electron chi connectivity index (χ2n) is 3.80. The minimum absolute atomic E-state index is 0.0827. The molecular formula is C13H19ClO2. The predicted molar refractivity (Wildman–Crippen MR) is 66.9 cm³/mol. The van der Waals surface area contributed by atoms with Crippen molar-refractivity contribution in [1.29, 1.82) is 0 Å². The smallest absolute Gasteiger partial charge is 0.0841 e. The lowest BCUT2D eigenvalue weighted by molar-refractivity contribution is -0.0334. The van der Waals surface area contributed by atoms with Gasteiger partial charge in [-0.1, -0.05) is 30.7 Å². The van der Waals surface area contributed by atoms with Gasteiger partial charge in [-0.2, -0.15) is 0 Å². The van der Waals surface area contributed by atoms with Gasteiger partial charge in [0.1, 0.15) is 0 Å². The first-order valence-electron chi connectivity index (χ1n) is 5.71. The second-order valence-corrected chi connectivity index (χ2v) is 4.24. The van der Waals surface area contributed by atoms with Gasteiger partial charge in [-0.15, -0.1) is 0 Å². The van der Waals surface area contributed by atoms with Gasteiger partial charge < -0.3 is 9.84 Å². The maximum atomic E-state index is 10.0. The third-order valence-electron chi connectivity index (χ3n) is 2.57. The van der Waals surface area contributed by atoms with Crippen LogP contribution in [-0.4, -0.2) is 23.9 Å². The average molecular weight is 243 g/mol. The van der Waals surface area contributed by atoms with Crippen LogP contribution in [0.5, 0.6) is 0 Å². The third-order valence-corrected chi connectivity index (χ3v) is 2.82. The highest BCUT2D eigenvalue weighted by atomic mass is 35.5. The maximum absolute atomic E-state index is 10.0. The molecule has 16 heavy (non-hydrogen) atoms. The van der Waals surface area contributed by atoms with E-state index >= 15 is 0 Å². The molecule has 0 aromatic heterocycles. The van der Waals surface area contributed by atoms with Gasteiger partial charge in [0.15, 0.2) is 0 Å². The minimum atomic E-state index is -0.453. The Morgan fingerprint density at radius 3 is 2.38 bits per heavy atom. The number of hydrogen-bond donors (Lipinski definition) is 1. The van der Waals surface area contributed by atoms with E-state index in [0.717, 1.165) is 17.0 Å². The van der Waals surface area contributed by atoms with Crippen LogP contribution in [0, 0.1) is 0 Å². The normalized spacial score (nSPS) is 14.8. The van der Waals surface area contributed by atoms with Gasteiger partial charge >= 0.3 is 0 Å². The van der Waals surface area contributed by atoms with E-state index in [9.17, 15) is 5.11 Å². The van der Waals surface area contributed by atoms with E-state index in [0.29, 0.717) is 13.0 Å². The first-order valence-corrected chi connectivity index (χ1v) is 6.09. The van der Waals surface area contributed by atoms with Gasteiger partial charge in [0.05, 0.1) is 12.2 Å². The molecule has 1 aromatic rings. The van der Waals surface area contributed by atoms with Gasteiger partial charge in [0.25, 0.3) is 0 Å². The van der Waals surface area contributed by atoms with Crippen molar-refractivity contribution in [2.75, 3.05) is 6.61 Å². The van der Waals surface area contributed by atoms with Crippen LogP contribution in [0.1, 0.15) is 25.8 Å². The van der Waals surface area contributed by atoms with E-state index in [-0.39, 0.29) is 6.10 Å². The summed E-state index contributed by atoms with van der Waals surface area (Å²) in [7, 11) is 0. The highest BCUT2D eigenvalue weighted by Crippen LogP contribution is 2.14. The lowest BCUT2D eigenvalue weighted by atomic mass is 10.0. The first-order chi connectivity index (χ1) is 7.67. The molecular weight excluding hydrogens is 224 g/mol. The van der Waals surface area contributed by atoms with Crippen LogP contribution >= 0.6 is 11.6 Å². The van der Waals surface area contributed by atoms with Crippen LogP contribution in [0.25, 0.3) is 0 Å². The van der Waals surface area contributed by atoms with E-state index in [1.54, 1.807) is 0 Å². The van der Waals surface area contributed by atoms with Gasteiger partial charge in [-0.3, -0.25) is 0 Å². The molecule has 0 aliphatic heterocycles. The largest absolute Gasteiger partial charge is 0.390 e. The fourth-order valence-electron chi connectivity index (χ4n) is 1.71. The van der Waals surface area contributed by atoms with Crippen LogP contribution in [0.2, 0.25) is 5.02 Å². The van der Waals surface area contributed by atoms with Crippen molar-refractivity contribution in [2.45, 2.75) is 38.9 Å². The SMILES string of the molecule is CCOC(CC)C(O)Cc1ccc(Cl)cc1. The molecule has 0 amide bonds. The fraction of sp³-hybridized carbons (Fsp3) is 0.538. The predicted octanol–water partition coefficient (Wildman–Crippen LogP) is 3.06. The second kappa shape index (κ2) is 6.89. The Hall–Kier alpha value is -0.570. The molecule has 0 aliphatic rings. The number of benzene rings is 1. The van der Waals surface area contributed by atoms with Crippen molar-refractivity contribution in [3.63, 3.8) is 0 Å². The van der Waals surface area contributed by atoms with Crippen molar-refractivity contribution in [1.82, 2.24) is 0 Å². The van der Waals surface area contributed by atoms with Crippen LogP contribution in [-0.2, 0) is 11.2 Å². The Bertz CT molecular complexity index is 297. The summed E-state index contributed by atoms with van der Waals surface area (Å²) in [5.41, 5.74) is 1.08. The molecule has 1 N–H and O–H groups in total. The van der Waals surface area contributed by atoms with E-state index < -0.39 is 6.10 Å². The molecule has 0 radical (unpaired) electrons. The molecule has 1 aromatic carbocycles. The molecule has 0 aliphatic carbocycles. The molecule has 2 unspecified atom stereocenters. The lowest BCUT2D eigenvalue weighted by Crippen LogP contribution is -2.30. The van der Waals surface area contributed by atoms with Crippen molar-refractivity contribution in [3.8, 4) is 0 Å². The Kier molecular flexibility index (Phi) is 5.81. The highest BCUT2D eigenvalue weighted by Gasteiger charge is 2.17. The van der Waals surface area contributed by atoms with Crippen molar-refractivity contribution in [3.05, 3.63) is 34.9 Å². The van der Waals surface area contributed by atoms with Crippen molar-refractivity contribution < 1.29 is 9.84 Å². The Labute approximate surface area is 102 Å². The van der Waals surface area contributed by atoms with Crippen LogP contribution in [0.4, 0.5) is 0 Å². The fourth-order valence-corrected chi connectivity index (χ4v) is 1.83. The molecule has 0 heterocycles. The van der Waals surface area contributed by atoms with Gasteiger partial charge in [0, 0.05) is 18.1 Å². The zero-order valence-corrected chi connectivity index (χ0v) is 10.6. The maximum Gasteiger partial charge on any atom is 0.0841 e. The average Bonchev–Trinajstić information content (AvgIpc) is 2.29. The Balaban J connectivity index is 2.55. The Morgan fingerprint density at radius 1 is 1.25 bits per heavy atom. The van der Waals surface area contributed by atoms with Crippen LogP contribution in [0.3, 0.4) is 0 Å². The quantitative estimate of drug-likeness (QED) is 0.831. The summed E-state index contributed by atoms with van der Waals surface area (Å²) in [6.07, 6.45) is 0.893. The van der Waals surface area contributed by atoms with E-state index in [1.165, 1.54) is 0 Å². The van der Waals surface area contributed by atoms with Crippen molar-refractivity contribution >= 4 is 11.6 Å². The van der Waals surface area contributed by atoms with Crippen molar-refractivity contribution in [2.24, 2.45) is 0 Å². The lowest BCUT2D eigenvalue weighted by Gasteiger charge is -2.21. The molecule has 3 heteroatoms. The monoisotopic (exact) mass is 242 g/mol. The molecule has 2 atom stereocenters. The molecule has 0 bridgehead atoms. The third kappa shape index (κ3) is 4.12. The summed E-state index contributed by atoms with van der Waals surface area (Å²) in [4.78, 5) is 0. The molecule has 0 saturated heterocycles. The van der Waals surface area contributed by atoms with E-state index in [2.05, 4.69) is 0 Å². The molecule has 0 fully saturated rings. The van der Waals surface area contributed by atoms with Crippen LogP contribution < -0.4 is 0 Å². The zero-order chi connectivity index (χ0) is 12.0. The molecule has 0 spiro atoms. The minimum Gasteiger partial charge on any atom is -0.390 e. The van der Waals surface area contributed by atoms with E-state index in [1.807, 2.05) is 38.1 Å². The van der Waals surface area contributed by atoms with Gasteiger partial charge in [-0.05, 0) is 31.0 Å². The molecule has 1 rings (SSSR count). The first kappa shape index (κ1) is 13.5. The summed E-state index contributed by atoms with van der Waals surface area (Å²) in [6, 6.07) is 7.55. The summed E-state index contributed by atoms with van der Waals surface area (Å²) in [5.74, 6) is 0. The number of aliphatic hydroxyl groups is 1. The summed E-state index contributed by atoms with van der Waals surface area (Å²) in [6.45, 7) is 4.60. The zero-order valence-electron chi connectivity index (χ0n) is 9.82. The molecule has 90 valence electrons.